The van der Waals surface area contributed by atoms with Gasteiger partial charge < -0.3 is 15.4 Å². The maximum atomic E-state index is 12.1. The van der Waals surface area contributed by atoms with Gasteiger partial charge in [0.25, 0.3) is 0 Å². The highest BCUT2D eigenvalue weighted by atomic mass is 127. The van der Waals surface area contributed by atoms with E-state index in [4.69, 9.17) is 4.74 Å². The Morgan fingerprint density at radius 3 is 2.68 bits per heavy atom. The van der Waals surface area contributed by atoms with E-state index in [2.05, 4.69) is 15.6 Å². The van der Waals surface area contributed by atoms with Gasteiger partial charge in [-0.3, -0.25) is 4.99 Å². The first kappa shape index (κ1) is 18.9. The first-order valence-electron chi connectivity index (χ1n) is 6.74. The van der Waals surface area contributed by atoms with Gasteiger partial charge in [-0.25, -0.2) is 0 Å². The average Bonchev–Trinajstić information content (AvgIpc) is 2.84. The van der Waals surface area contributed by atoms with Crippen LogP contribution in [0, 0.1) is 0 Å². The minimum absolute atomic E-state index is 0. The summed E-state index contributed by atoms with van der Waals surface area (Å²) < 4.78 is 42.0. The number of hydrogen-bond acceptors (Lipinski definition) is 2. The summed E-state index contributed by atoms with van der Waals surface area (Å²) in [6.07, 6.45) is -4.31. The topological polar surface area (TPSA) is 45.7 Å². The normalized spacial score (nSPS) is 17.3. The number of hydrogen-bond donors (Lipinski definition) is 2. The van der Waals surface area contributed by atoms with Crippen molar-refractivity contribution in [2.45, 2.75) is 25.1 Å². The molecule has 0 aliphatic carbocycles. The molecule has 124 valence electrons. The Kier molecular flexibility index (Phi) is 7.24. The minimum Gasteiger partial charge on any atom is -0.488 e. The summed E-state index contributed by atoms with van der Waals surface area (Å²) in [6, 6.07) is 7.78. The number of ether oxygens (including phenoxy) is 1. The number of nitrogens with one attached hydrogen (secondary N) is 2. The van der Waals surface area contributed by atoms with Crippen LogP contribution in [-0.2, 0) is 6.42 Å². The quantitative estimate of drug-likeness (QED) is 0.440. The van der Waals surface area contributed by atoms with Gasteiger partial charge in [0.1, 0.15) is 11.9 Å². The zero-order chi connectivity index (χ0) is 15.3. The lowest BCUT2D eigenvalue weighted by Crippen LogP contribution is -2.43. The van der Waals surface area contributed by atoms with Crippen molar-refractivity contribution in [3.63, 3.8) is 0 Å². The fourth-order valence-electron chi connectivity index (χ4n) is 2.12. The van der Waals surface area contributed by atoms with E-state index in [0.717, 1.165) is 17.7 Å². The van der Waals surface area contributed by atoms with Gasteiger partial charge in [0.05, 0.1) is 13.0 Å². The molecule has 1 aromatic carbocycles. The second kappa shape index (κ2) is 8.44. The summed E-state index contributed by atoms with van der Waals surface area (Å²) in [4.78, 5) is 3.89. The monoisotopic (exact) mass is 429 g/mol. The Morgan fingerprint density at radius 1 is 1.32 bits per heavy atom. The second-order valence-corrected chi connectivity index (χ2v) is 4.80. The van der Waals surface area contributed by atoms with Crippen LogP contribution in [0.4, 0.5) is 13.2 Å². The van der Waals surface area contributed by atoms with E-state index >= 15 is 0 Å². The van der Waals surface area contributed by atoms with Gasteiger partial charge in [-0.2, -0.15) is 13.2 Å². The maximum Gasteiger partial charge on any atom is 0.390 e. The van der Waals surface area contributed by atoms with Gasteiger partial charge in [0.2, 0.25) is 0 Å². The van der Waals surface area contributed by atoms with Gasteiger partial charge in [0, 0.05) is 20.0 Å². The number of halogens is 4. The van der Waals surface area contributed by atoms with Crippen LogP contribution in [-0.4, -0.2) is 38.4 Å². The van der Waals surface area contributed by atoms with Crippen molar-refractivity contribution in [3.05, 3.63) is 29.8 Å². The summed E-state index contributed by atoms with van der Waals surface area (Å²) in [5, 5.41) is 5.61. The summed E-state index contributed by atoms with van der Waals surface area (Å²) in [7, 11) is 1.52. The van der Waals surface area contributed by atoms with E-state index in [1.165, 1.54) is 7.05 Å². The van der Waals surface area contributed by atoms with E-state index in [-0.39, 0.29) is 36.6 Å². The van der Waals surface area contributed by atoms with Gasteiger partial charge >= 0.3 is 6.18 Å². The molecule has 22 heavy (non-hydrogen) atoms. The van der Waals surface area contributed by atoms with E-state index < -0.39 is 12.6 Å². The number of benzene rings is 1. The lowest BCUT2D eigenvalue weighted by Gasteiger charge is -2.16. The molecule has 0 spiro atoms. The molecule has 1 atom stereocenters. The van der Waals surface area contributed by atoms with Crippen LogP contribution in [0.5, 0.6) is 5.75 Å². The largest absolute Gasteiger partial charge is 0.488 e. The number of alkyl halides is 3. The van der Waals surface area contributed by atoms with Crippen LogP contribution in [0.15, 0.2) is 29.3 Å². The smallest absolute Gasteiger partial charge is 0.390 e. The van der Waals surface area contributed by atoms with Crippen LogP contribution < -0.4 is 15.4 Å². The van der Waals surface area contributed by atoms with Gasteiger partial charge in [-0.1, -0.05) is 18.2 Å². The summed E-state index contributed by atoms with van der Waals surface area (Å²) in [5.74, 6) is 1.21. The molecule has 1 aliphatic rings. The third kappa shape index (κ3) is 5.90. The molecule has 8 heteroatoms. The third-order valence-corrected chi connectivity index (χ3v) is 3.14. The molecule has 0 radical (unpaired) electrons. The van der Waals surface area contributed by atoms with E-state index in [1.54, 1.807) is 0 Å². The Labute approximate surface area is 144 Å². The number of fused-ring (bicyclic) bond motifs is 1. The highest BCUT2D eigenvalue weighted by molar-refractivity contribution is 14.0. The number of para-hydroxylation sites is 1. The third-order valence-electron chi connectivity index (χ3n) is 3.14. The van der Waals surface area contributed by atoms with Crippen LogP contribution in [0.1, 0.15) is 12.0 Å². The molecule has 2 rings (SSSR count). The molecule has 4 nitrogen and oxygen atoms in total. The molecule has 1 aliphatic heterocycles. The van der Waals surface area contributed by atoms with Gasteiger partial charge in [0.15, 0.2) is 5.96 Å². The predicted octanol–water partition coefficient (Wildman–Crippen LogP) is 2.73. The maximum absolute atomic E-state index is 12.1. The SMILES string of the molecule is CN=C(NCCC(F)(F)F)NCC1Cc2ccccc2O1.I. The Hall–Kier alpha value is -1.19. The van der Waals surface area contributed by atoms with Crippen LogP contribution in [0.3, 0.4) is 0 Å². The standard InChI is InChI=1S/C14H18F3N3O.HI/c1-18-13(19-7-6-14(15,16)17)20-9-11-8-10-4-2-3-5-12(10)21-11;/h2-5,11H,6-9H2,1H3,(H2,18,19,20);1H. The molecular weight excluding hydrogens is 410 g/mol. The van der Waals surface area contributed by atoms with Crippen LogP contribution >= 0.6 is 24.0 Å². The van der Waals surface area contributed by atoms with Crippen molar-refractivity contribution >= 4 is 29.9 Å². The molecule has 0 saturated carbocycles. The fraction of sp³-hybridized carbons (Fsp3) is 0.500. The molecule has 0 fully saturated rings. The van der Waals surface area contributed by atoms with Crippen molar-refractivity contribution in [3.8, 4) is 5.75 Å². The molecule has 0 bridgehead atoms. The summed E-state index contributed by atoms with van der Waals surface area (Å²) in [5.41, 5.74) is 1.14. The van der Waals surface area contributed by atoms with Crippen LogP contribution in [0.2, 0.25) is 0 Å². The van der Waals surface area contributed by atoms with Gasteiger partial charge in [-0.05, 0) is 11.6 Å². The molecule has 1 unspecified atom stereocenters. The summed E-state index contributed by atoms with van der Waals surface area (Å²) >= 11 is 0. The fourth-order valence-corrected chi connectivity index (χ4v) is 2.12. The van der Waals surface area contributed by atoms with Crippen molar-refractivity contribution < 1.29 is 17.9 Å². The number of aliphatic imine (C=N–C) groups is 1. The lowest BCUT2D eigenvalue weighted by molar-refractivity contribution is -0.132. The van der Waals surface area contributed by atoms with Crippen molar-refractivity contribution in [1.82, 2.24) is 10.6 Å². The van der Waals surface area contributed by atoms with E-state index in [0.29, 0.717) is 12.5 Å². The zero-order valence-electron chi connectivity index (χ0n) is 12.1. The second-order valence-electron chi connectivity index (χ2n) is 4.80. The highest BCUT2D eigenvalue weighted by Gasteiger charge is 2.26. The number of nitrogens with zero attached hydrogens (tertiary/aromatic N) is 1. The van der Waals surface area contributed by atoms with Crippen molar-refractivity contribution in [2.75, 3.05) is 20.1 Å². The van der Waals surface area contributed by atoms with Crippen LogP contribution in [0.25, 0.3) is 0 Å². The lowest BCUT2D eigenvalue weighted by atomic mass is 10.1. The zero-order valence-corrected chi connectivity index (χ0v) is 14.4. The number of guanidine groups is 1. The van der Waals surface area contributed by atoms with E-state index in [1.807, 2.05) is 24.3 Å². The Balaban J connectivity index is 0.00000242. The van der Waals surface area contributed by atoms with Crippen molar-refractivity contribution in [2.24, 2.45) is 4.99 Å². The van der Waals surface area contributed by atoms with Gasteiger partial charge in [-0.15, -0.1) is 24.0 Å². The highest BCUT2D eigenvalue weighted by Crippen LogP contribution is 2.27. The Morgan fingerprint density at radius 2 is 2.05 bits per heavy atom. The molecule has 2 N–H and O–H groups in total. The van der Waals surface area contributed by atoms with E-state index in [9.17, 15) is 13.2 Å². The molecule has 0 saturated heterocycles. The number of rotatable bonds is 4. The molecule has 1 aromatic rings. The van der Waals surface area contributed by atoms with Crippen molar-refractivity contribution in [1.29, 1.82) is 0 Å². The minimum atomic E-state index is -4.16. The predicted molar refractivity (Wildman–Crippen MR) is 90.0 cm³/mol. The molecule has 1 heterocycles. The average molecular weight is 429 g/mol. The summed E-state index contributed by atoms with van der Waals surface area (Å²) in [6.45, 7) is 0.287. The molecular formula is C14H19F3IN3O. The Bertz CT molecular complexity index is 483. The first-order valence-corrected chi connectivity index (χ1v) is 6.74. The molecule has 0 aromatic heterocycles. The first-order chi connectivity index (χ1) is 9.98. The molecule has 0 amide bonds.